The van der Waals surface area contributed by atoms with Crippen LogP contribution in [-0.4, -0.2) is 51.1 Å². The summed E-state index contributed by atoms with van der Waals surface area (Å²) in [5.74, 6) is 1.93. The molecule has 0 bridgehead atoms. The largest absolute Gasteiger partial charge is 0.479 e. The number of H-pyrrole nitrogens is 1. The van der Waals surface area contributed by atoms with Gasteiger partial charge in [0.25, 0.3) is 0 Å². The number of aryl methyl sites for hydroxylation is 1. The van der Waals surface area contributed by atoms with Gasteiger partial charge in [-0.3, -0.25) is 5.10 Å². The highest BCUT2D eigenvalue weighted by Crippen LogP contribution is 2.33. The van der Waals surface area contributed by atoms with Gasteiger partial charge in [-0.25, -0.2) is 9.97 Å². The Morgan fingerprint density at radius 1 is 1.40 bits per heavy atom. The molecule has 3 heterocycles. The first-order chi connectivity index (χ1) is 9.50. The molecule has 0 saturated carbocycles. The predicted molar refractivity (Wildman–Crippen MR) is 75.0 cm³/mol. The number of fused-ring (bicyclic) bond motifs is 1. The maximum atomic E-state index is 10.3. The van der Waals surface area contributed by atoms with Gasteiger partial charge in [0.2, 0.25) is 5.88 Å². The molecule has 7 nitrogen and oxygen atoms in total. The number of hydrogen-bond donors (Lipinski definition) is 2. The van der Waals surface area contributed by atoms with E-state index in [1.54, 1.807) is 7.11 Å². The molecule has 108 valence electrons. The SMILES string of the molecule is COc1n[nH]c2nc(C)nc(N3CCC[C@](C)(O)C3)c12. The van der Waals surface area contributed by atoms with Gasteiger partial charge in [-0.1, -0.05) is 0 Å². The van der Waals surface area contributed by atoms with E-state index in [2.05, 4.69) is 25.1 Å². The lowest BCUT2D eigenvalue weighted by atomic mass is 9.95. The van der Waals surface area contributed by atoms with Crippen LogP contribution in [0.5, 0.6) is 5.88 Å². The van der Waals surface area contributed by atoms with Gasteiger partial charge in [-0.05, 0) is 26.7 Å². The minimum atomic E-state index is -0.694. The molecule has 20 heavy (non-hydrogen) atoms. The highest BCUT2D eigenvalue weighted by Gasteiger charge is 2.31. The third-order valence-electron chi connectivity index (χ3n) is 3.65. The van der Waals surface area contributed by atoms with Crippen molar-refractivity contribution in [2.75, 3.05) is 25.1 Å². The molecule has 2 N–H and O–H groups in total. The Balaban J connectivity index is 2.12. The van der Waals surface area contributed by atoms with Gasteiger partial charge in [0.15, 0.2) is 5.65 Å². The Kier molecular flexibility index (Phi) is 3.01. The van der Waals surface area contributed by atoms with Crippen LogP contribution in [0.15, 0.2) is 0 Å². The van der Waals surface area contributed by atoms with Crippen molar-refractivity contribution in [1.82, 2.24) is 20.2 Å². The molecule has 3 rings (SSSR count). The zero-order valence-corrected chi connectivity index (χ0v) is 12.0. The molecule has 1 saturated heterocycles. The fourth-order valence-electron chi connectivity index (χ4n) is 2.77. The maximum absolute atomic E-state index is 10.3. The predicted octanol–water partition coefficient (Wildman–Crippen LogP) is 1.02. The molecule has 0 spiro atoms. The number of nitrogens with zero attached hydrogens (tertiary/aromatic N) is 4. The van der Waals surface area contributed by atoms with Crippen LogP contribution >= 0.6 is 0 Å². The topological polar surface area (TPSA) is 87.2 Å². The van der Waals surface area contributed by atoms with Gasteiger partial charge in [0.1, 0.15) is 17.0 Å². The van der Waals surface area contributed by atoms with E-state index in [-0.39, 0.29) is 0 Å². The normalized spacial score (nSPS) is 23.3. The molecule has 0 radical (unpaired) electrons. The second kappa shape index (κ2) is 4.59. The standard InChI is InChI=1S/C13H19N5O2/c1-8-14-10-9(12(20-3)17-16-10)11(15-8)18-6-4-5-13(2,19)7-18/h19H,4-7H2,1-3H3,(H,14,15,16,17)/t13-/m0/s1. The Labute approximate surface area is 117 Å². The fourth-order valence-corrected chi connectivity index (χ4v) is 2.77. The van der Waals surface area contributed by atoms with Crippen LogP contribution < -0.4 is 9.64 Å². The number of β-amino-alcohol motifs (C(OH)–C–C–N with tert-alkyl or cyclic N) is 1. The van der Waals surface area contributed by atoms with E-state index in [0.717, 1.165) is 30.6 Å². The van der Waals surface area contributed by atoms with Crippen LogP contribution in [0.4, 0.5) is 5.82 Å². The number of aromatic nitrogens is 4. The highest BCUT2D eigenvalue weighted by atomic mass is 16.5. The molecule has 0 aliphatic carbocycles. The zero-order chi connectivity index (χ0) is 14.3. The minimum Gasteiger partial charge on any atom is -0.479 e. The Morgan fingerprint density at radius 3 is 2.90 bits per heavy atom. The number of rotatable bonds is 2. The van der Waals surface area contributed by atoms with Crippen LogP contribution in [0, 0.1) is 6.92 Å². The number of methoxy groups -OCH3 is 1. The number of hydrogen-bond acceptors (Lipinski definition) is 6. The molecule has 1 atom stereocenters. The van der Waals surface area contributed by atoms with Crippen molar-refractivity contribution in [2.24, 2.45) is 0 Å². The summed E-state index contributed by atoms with van der Waals surface area (Å²) in [4.78, 5) is 11.0. The van der Waals surface area contributed by atoms with Gasteiger partial charge in [0.05, 0.1) is 12.7 Å². The lowest BCUT2D eigenvalue weighted by molar-refractivity contribution is 0.0447. The summed E-state index contributed by atoms with van der Waals surface area (Å²) in [6, 6.07) is 0. The summed E-state index contributed by atoms with van der Waals surface area (Å²) in [6.45, 7) is 5.11. The van der Waals surface area contributed by atoms with Crippen LogP contribution in [0.2, 0.25) is 0 Å². The summed E-state index contributed by atoms with van der Waals surface area (Å²) in [6.07, 6.45) is 1.73. The fraction of sp³-hybridized carbons (Fsp3) is 0.615. The third-order valence-corrected chi connectivity index (χ3v) is 3.65. The summed E-state index contributed by atoms with van der Waals surface area (Å²) < 4.78 is 5.28. The van der Waals surface area contributed by atoms with Crippen molar-refractivity contribution in [3.63, 3.8) is 0 Å². The van der Waals surface area contributed by atoms with E-state index in [1.165, 1.54) is 0 Å². The zero-order valence-electron chi connectivity index (χ0n) is 12.0. The van der Waals surface area contributed by atoms with Crippen LogP contribution in [0.3, 0.4) is 0 Å². The lowest BCUT2D eigenvalue weighted by Crippen LogP contribution is -2.46. The number of piperidine rings is 1. The first kappa shape index (κ1) is 13.1. The average Bonchev–Trinajstić information content (AvgIpc) is 2.79. The lowest BCUT2D eigenvalue weighted by Gasteiger charge is -2.37. The van der Waals surface area contributed by atoms with E-state index >= 15 is 0 Å². The molecule has 1 fully saturated rings. The van der Waals surface area contributed by atoms with Gasteiger partial charge in [0, 0.05) is 13.1 Å². The van der Waals surface area contributed by atoms with E-state index in [4.69, 9.17) is 4.74 Å². The van der Waals surface area contributed by atoms with Crippen LogP contribution in [0.25, 0.3) is 11.0 Å². The molecule has 7 heteroatoms. The first-order valence-corrected chi connectivity index (χ1v) is 6.74. The molecule has 1 aliphatic heterocycles. The number of aromatic amines is 1. The van der Waals surface area contributed by atoms with Gasteiger partial charge < -0.3 is 14.7 Å². The summed E-state index contributed by atoms with van der Waals surface area (Å²) in [7, 11) is 1.58. The van der Waals surface area contributed by atoms with Crippen molar-refractivity contribution >= 4 is 16.9 Å². The monoisotopic (exact) mass is 277 g/mol. The molecule has 0 aromatic carbocycles. The molecule has 1 aliphatic rings. The average molecular weight is 277 g/mol. The smallest absolute Gasteiger partial charge is 0.245 e. The highest BCUT2D eigenvalue weighted by molar-refractivity contribution is 5.92. The molecule has 2 aromatic heterocycles. The van der Waals surface area contributed by atoms with Crippen molar-refractivity contribution < 1.29 is 9.84 Å². The van der Waals surface area contributed by atoms with Crippen molar-refractivity contribution in [3.8, 4) is 5.88 Å². The number of aliphatic hydroxyl groups is 1. The first-order valence-electron chi connectivity index (χ1n) is 6.74. The van der Waals surface area contributed by atoms with Gasteiger partial charge in [-0.15, -0.1) is 5.10 Å². The van der Waals surface area contributed by atoms with E-state index in [9.17, 15) is 5.11 Å². The Bertz CT molecular complexity index is 637. The molecule has 2 aromatic rings. The number of anilines is 1. The second-order valence-electron chi connectivity index (χ2n) is 5.57. The van der Waals surface area contributed by atoms with Crippen molar-refractivity contribution in [3.05, 3.63) is 5.82 Å². The maximum Gasteiger partial charge on any atom is 0.245 e. The van der Waals surface area contributed by atoms with Gasteiger partial charge >= 0.3 is 0 Å². The molecular formula is C13H19N5O2. The second-order valence-corrected chi connectivity index (χ2v) is 5.57. The van der Waals surface area contributed by atoms with Crippen LogP contribution in [-0.2, 0) is 0 Å². The minimum absolute atomic E-state index is 0.486. The Morgan fingerprint density at radius 2 is 2.20 bits per heavy atom. The van der Waals surface area contributed by atoms with Crippen molar-refractivity contribution in [1.29, 1.82) is 0 Å². The summed E-state index contributed by atoms with van der Waals surface area (Å²) in [5.41, 5.74) is -0.0324. The quantitative estimate of drug-likeness (QED) is 0.852. The van der Waals surface area contributed by atoms with E-state index in [0.29, 0.717) is 23.9 Å². The van der Waals surface area contributed by atoms with Crippen molar-refractivity contribution in [2.45, 2.75) is 32.3 Å². The number of ether oxygens (including phenoxy) is 1. The van der Waals surface area contributed by atoms with Crippen LogP contribution in [0.1, 0.15) is 25.6 Å². The molecule has 0 unspecified atom stereocenters. The third kappa shape index (κ3) is 2.18. The Hall–Kier alpha value is -1.89. The molecular weight excluding hydrogens is 258 g/mol. The summed E-state index contributed by atoms with van der Waals surface area (Å²) in [5, 5.41) is 18.0. The van der Waals surface area contributed by atoms with E-state index in [1.807, 2.05) is 13.8 Å². The summed E-state index contributed by atoms with van der Waals surface area (Å²) >= 11 is 0. The van der Waals surface area contributed by atoms with Gasteiger partial charge in [-0.2, -0.15) is 0 Å². The number of nitrogens with one attached hydrogen (secondary N) is 1. The molecule has 0 amide bonds. The van der Waals surface area contributed by atoms with E-state index < -0.39 is 5.60 Å².